The molecule has 0 aliphatic rings. The van der Waals surface area contributed by atoms with Crippen molar-refractivity contribution in [2.24, 2.45) is 5.73 Å². The van der Waals surface area contributed by atoms with Crippen LogP contribution in [-0.2, 0) is 4.79 Å². The number of rotatable bonds is 4. The van der Waals surface area contributed by atoms with Crippen LogP contribution in [0.15, 0.2) is 0 Å². The molecule has 0 spiro atoms. The molecule has 0 aromatic carbocycles. The predicted octanol–water partition coefficient (Wildman–Crippen LogP) is -1.31. The number of hydrogen-bond acceptors (Lipinski definition) is 4. The summed E-state index contributed by atoms with van der Waals surface area (Å²) in [5, 5.41) is 12.1. The Morgan fingerprint density at radius 3 is 2.33 bits per heavy atom. The number of halogens is 3. The standard InChI is InChI=1S/C6H10F3N3O3/c7-6(8,9)3(13)1-11-2-4(14)12-5(10)15/h3,11,13H,1-2H2,(H3,10,12,14,15). The van der Waals surface area contributed by atoms with Gasteiger partial charge in [0.15, 0.2) is 6.10 Å². The molecule has 0 aromatic heterocycles. The van der Waals surface area contributed by atoms with E-state index in [0.717, 1.165) is 0 Å². The zero-order valence-electron chi connectivity index (χ0n) is 7.47. The molecule has 0 radical (unpaired) electrons. The van der Waals surface area contributed by atoms with Crippen molar-refractivity contribution in [1.29, 1.82) is 0 Å². The third kappa shape index (κ3) is 6.69. The minimum absolute atomic E-state index is 0.546. The molecule has 5 N–H and O–H groups in total. The van der Waals surface area contributed by atoms with Crippen LogP contribution in [0.4, 0.5) is 18.0 Å². The van der Waals surface area contributed by atoms with Crippen LogP contribution < -0.4 is 16.4 Å². The highest BCUT2D eigenvalue weighted by atomic mass is 19.4. The van der Waals surface area contributed by atoms with Gasteiger partial charge in [0.25, 0.3) is 0 Å². The van der Waals surface area contributed by atoms with Crippen molar-refractivity contribution in [1.82, 2.24) is 10.6 Å². The molecule has 0 aromatic rings. The molecule has 0 saturated heterocycles. The molecule has 88 valence electrons. The van der Waals surface area contributed by atoms with E-state index in [1.54, 1.807) is 5.32 Å². The van der Waals surface area contributed by atoms with E-state index in [2.05, 4.69) is 5.73 Å². The SMILES string of the molecule is NC(=O)NC(=O)CNCC(O)C(F)(F)F. The Morgan fingerprint density at radius 2 is 1.93 bits per heavy atom. The van der Waals surface area contributed by atoms with Crippen molar-refractivity contribution < 1.29 is 27.9 Å². The first-order valence-corrected chi connectivity index (χ1v) is 3.78. The molecule has 0 fully saturated rings. The monoisotopic (exact) mass is 229 g/mol. The summed E-state index contributed by atoms with van der Waals surface area (Å²) in [6.07, 6.45) is -7.30. The third-order valence-electron chi connectivity index (χ3n) is 1.26. The number of alkyl halides is 3. The summed E-state index contributed by atoms with van der Waals surface area (Å²) in [6.45, 7) is -1.38. The van der Waals surface area contributed by atoms with Gasteiger partial charge < -0.3 is 16.2 Å². The number of aliphatic hydroxyl groups excluding tert-OH is 1. The van der Waals surface area contributed by atoms with Gasteiger partial charge in [-0.05, 0) is 0 Å². The van der Waals surface area contributed by atoms with E-state index in [1.807, 2.05) is 5.32 Å². The number of urea groups is 1. The average Bonchev–Trinajstić information content (AvgIpc) is 2.00. The summed E-state index contributed by atoms with van der Waals surface area (Å²) in [6, 6.07) is -1.10. The Balaban J connectivity index is 3.71. The van der Waals surface area contributed by atoms with Crippen LogP contribution in [0.2, 0.25) is 0 Å². The summed E-state index contributed by atoms with van der Waals surface area (Å²) < 4.78 is 35.2. The minimum atomic E-state index is -4.74. The molecule has 0 rings (SSSR count). The largest absolute Gasteiger partial charge is 0.415 e. The van der Waals surface area contributed by atoms with E-state index >= 15 is 0 Å². The van der Waals surface area contributed by atoms with Crippen LogP contribution in [0.1, 0.15) is 0 Å². The molecule has 6 nitrogen and oxygen atoms in total. The summed E-state index contributed by atoms with van der Waals surface area (Å²) in [4.78, 5) is 20.7. The molecule has 1 unspecified atom stereocenters. The molecular weight excluding hydrogens is 219 g/mol. The quantitative estimate of drug-likeness (QED) is 0.480. The Bertz CT molecular complexity index is 244. The van der Waals surface area contributed by atoms with Crippen molar-refractivity contribution in [3.8, 4) is 0 Å². The van der Waals surface area contributed by atoms with E-state index in [0.29, 0.717) is 0 Å². The number of nitrogens with one attached hydrogen (secondary N) is 2. The molecule has 15 heavy (non-hydrogen) atoms. The van der Waals surface area contributed by atoms with Crippen molar-refractivity contribution in [3.05, 3.63) is 0 Å². The van der Waals surface area contributed by atoms with Gasteiger partial charge in [0.05, 0.1) is 6.54 Å². The number of amides is 3. The number of aliphatic hydroxyl groups is 1. The molecule has 3 amide bonds. The van der Waals surface area contributed by atoms with Crippen molar-refractivity contribution in [3.63, 3.8) is 0 Å². The number of primary amides is 1. The molecule has 1 atom stereocenters. The van der Waals surface area contributed by atoms with E-state index < -0.39 is 37.3 Å². The lowest BCUT2D eigenvalue weighted by Gasteiger charge is -2.14. The lowest BCUT2D eigenvalue weighted by Crippen LogP contribution is -2.44. The van der Waals surface area contributed by atoms with Crippen molar-refractivity contribution >= 4 is 11.9 Å². The molecular formula is C6H10F3N3O3. The highest BCUT2D eigenvalue weighted by Crippen LogP contribution is 2.18. The molecule has 0 bridgehead atoms. The van der Waals surface area contributed by atoms with Gasteiger partial charge in [-0.25, -0.2) is 4.79 Å². The van der Waals surface area contributed by atoms with Gasteiger partial charge in [0, 0.05) is 6.54 Å². The fourth-order valence-electron chi connectivity index (χ4n) is 0.620. The normalized spacial score (nSPS) is 13.3. The van der Waals surface area contributed by atoms with Gasteiger partial charge in [-0.3, -0.25) is 10.1 Å². The second-order valence-electron chi connectivity index (χ2n) is 2.60. The summed E-state index contributed by atoms with van der Waals surface area (Å²) in [7, 11) is 0. The van der Waals surface area contributed by atoms with Crippen molar-refractivity contribution in [2.75, 3.05) is 13.1 Å². The molecule has 0 heterocycles. The second-order valence-corrected chi connectivity index (χ2v) is 2.60. The van der Waals surface area contributed by atoms with Crippen LogP contribution in [0.5, 0.6) is 0 Å². The lowest BCUT2D eigenvalue weighted by atomic mass is 10.3. The number of hydrogen-bond donors (Lipinski definition) is 4. The summed E-state index contributed by atoms with van der Waals surface area (Å²) in [5.74, 6) is -0.878. The van der Waals surface area contributed by atoms with Gasteiger partial charge >= 0.3 is 12.2 Å². The smallest absolute Gasteiger partial charge is 0.382 e. The van der Waals surface area contributed by atoms with Gasteiger partial charge in [-0.15, -0.1) is 0 Å². The van der Waals surface area contributed by atoms with E-state index in [1.165, 1.54) is 0 Å². The Hall–Kier alpha value is -1.35. The first-order valence-electron chi connectivity index (χ1n) is 3.78. The van der Waals surface area contributed by atoms with E-state index in [4.69, 9.17) is 5.11 Å². The molecule has 0 saturated carbocycles. The van der Waals surface area contributed by atoms with Crippen LogP contribution in [0.25, 0.3) is 0 Å². The number of nitrogens with two attached hydrogens (primary N) is 1. The Kier molecular flexibility index (Phi) is 5.02. The maximum Gasteiger partial charge on any atom is 0.415 e. The van der Waals surface area contributed by atoms with E-state index in [-0.39, 0.29) is 0 Å². The van der Waals surface area contributed by atoms with Crippen LogP contribution in [0.3, 0.4) is 0 Å². The first-order chi connectivity index (χ1) is 6.73. The predicted molar refractivity (Wildman–Crippen MR) is 42.7 cm³/mol. The second kappa shape index (κ2) is 5.51. The van der Waals surface area contributed by atoms with Crippen molar-refractivity contribution in [2.45, 2.75) is 12.3 Å². The Labute approximate surface area is 82.6 Å². The first kappa shape index (κ1) is 13.7. The summed E-state index contributed by atoms with van der Waals surface area (Å²) >= 11 is 0. The van der Waals surface area contributed by atoms with Crippen LogP contribution >= 0.6 is 0 Å². The van der Waals surface area contributed by atoms with E-state index in [9.17, 15) is 22.8 Å². The maximum atomic E-state index is 11.7. The van der Waals surface area contributed by atoms with Crippen LogP contribution in [-0.4, -0.2) is 42.4 Å². The highest BCUT2D eigenvalue weighted by Gasteiger charge is 2.37. The fraction of sp³-hybridized carbons (Fsp3) is 0.667. The van der Waals surface area contributed by atoms with Gasteiger partial charge in [0.1, 0.15) is 0 Å². The van der Waals surface area contributed by atoms with Crippen LogP contribution in [0, 0.1) is 0 Å². The number of imide groups is 1. The average molecular weight is 229 g/mol. The zero-order chi connectivity index (χ0) is 12.1. The van der Waals surface area contributed by atoms with Gasteiger partial charge in [0.2, 0.25) is 5.91 Å². The number of carbonyl (C=O) groups is 2. The zero-order valence-corrected chi connectivity index (χ0v) is 7.47. The highest BCUT2D eigenvalue weighted by molar-refractivity contribution is 5.94. The molecule has 0 aliphatic heterocycles. The molecule has 9 heteroatoms. The maximum absolute atomic E-state index is 11.7. The Morgan fingerprint density at radius 1 is 1.40 bits per heavy atom. The number of carbonyl (C=O) groups excluding carboxylic acids is 2. The third-order valence-corrected chi connectivity index (χ3v) is 1.26. The summed E-state index contributed by atoms with van der Waals surface area (Å²) in [5.41, 5.74) is 4.57. The minimum Gasteiger partial charge on any atom is -0.382 e. The fourth-order valence-corrected chi connectivity index (χ4v) is 0.620. The lowest BCUT2D eigenvalue weighted by molar-refractivity contribution is -0.201. The molecule has 0 aliphatic carbocycles. The van der Waals surface area contributed by atoms with Gasteiger partial charge in [-0.2, -0.15) is 13.2 Å². The van der Waals surface area contributed by atoms with Gasteiger partial charge in [-0.1, -0.05) is 0 Å². The topological polar surface area (TPSA) is 104 Å².